The van der Waals surface area contributed by atoms with Gasteiger partial charge in [0.15, 0.2) is 0 Å². The van der Waals surface area contributed by atoms with Crippen LogP contribution in [0, 0.1) is 0 Å². The quantitative estimate of drug-likeness (QED) is 0.255. The monoisotopic (exact) mass is 555 g/mol. The molecule has 3 aliphatic heterocycles. The molecule has 3 N–H and O–H groups in total. The van der Waals surface area contributed by atoms with Gasteiger partial charge in [0.1, 0.15) is 11.9 Å². The lowest BCUT2D eigenvalue weighted by molar-refractivity contribution is -0.136. The average Bonchev–Trinajstić information content (AvgIpc) is 3.46. The SMILES string of the molecule is NC(=NCc1ccc2c(c1)CN(C1CCC(=O)NC1=O)C2=O)c1ccc(N2C=CI=C2)cc1. The molecule has 5 rings (SSSR count). The highest BCUT2D eigenvalue weighted by Gasteiger charge is 2.39. The Balaban J connectivity index is 1.27. The van der Waals surface area contributed by atoms with E-state index in [0.717, 1.165) is 22.4 Å². The standard InChI is InChI=1S/C24H22IN5O3/c26-22(16-2-4-18(5-3-16)29-10-9-25-14-29)27-12-15-1-6-19-17(11-15)13-30(24(19)33)20-7-8-21(31)28-23(20)32/h1-6,9-11,14,20H,7-8,12-13H2,(H2,26,27)(H,28,31,32). The molecule has 168 valence electrons. The van der Waals surface area contributed by atoms with E-state index in [9.17, 15) is 14.4 Å². The summed E-state index contributed by atoms with van der Waals surface area (Å²) in [5, 5.41) is 2.32. The molecule has 9 heteroatoms. The van der Waals surface area contributed by atoms with Gasteiger partial charge < -0.3 is 15.5 Å². The number of carbonyl (C=O) groups excluding carboxylic acids is 3. The number of nitrogens with two attached hydrogens (primary N) is 1. The van der Waals surface area contributed by atoms with Gasteiger partial charge in [-0.15, -0.1) is 0 Å². The summed E-state index contributed by atoms with van der Waals surface area (Å²) in [5.41, 5.74) is 10.6. The van der Waals surface area contributed by atoms with Crippen molar-refractivity contribution in [2.45, 2.75) is 32.0 Å². The van der Waals surface area contributed by atoms with Gasteiger partial charge in [-0.05, 0) is 52.0 Å². The van der Waals surface area contributed by atoms with Crippen molar-refractivity contribution in [1.82, 2.24) is 10.2 Å². The van der Waals surface area contributed by atoms with Crippen LogP contribution in [-0.2, 0) is 22.7 Å². The number of anilines is 1. The molecule has 0 bridgehead atoms. The first-order valence-electron chi connectivity index (χ1n) is 10.6. The van der Waals surface area contributed by atoms with E-state index in [1.54, 1.807) is 11.0 Å². The van der Waals surface area contributed by atoms with Crippen molar-refractivity contribution in [2.75, 3.05) is 4.90 Å². The minimum atomic E-state index is -0.613. The fourth-order valence-electron chi connectivity index (χ4n) is 4.16. The van der Waals surface area contributed by atoms with Crippen LogP contribution in [0.25, 0.3) is 0 Å². The smallest absolute Gasteiger partial charge is 0.255 e. The lowest BCUT2D eigenvalue weighted by Crippen LogP contribution is -2.52. The second-order valence-corrected chi connectivity index (χ2v) is 10.0. The van der Waals surface area contributed by atoms with E-state index in [-0.39, 0.29) is 39.0 Å². The minimum Gasteiger partial charge on any atom is -0.383 e. The second kappa shape index (κ2) is 8.89. The topological polar surface area (TPSA) is 108 Å². The van der Waals surface area contributed by atoms with Gasteiger partial charge in [0, 0.05) is 40.1 Å². The molecular weight excluding hydrogens is 533 g/mol. The highest BCUT2D eigenvalue weighted by atomic mass is 127. The molecule has 1 atom stereocenters. The molecule has 33 heavy (non-hydrogen) atoms. The summed E-state index contributed by atoms with van der Waals surface area (Å²) in [7, 11) is 0. The molecule has 1 saturated heterocycles. The van der Waals surface area contributed by atoms with E-state index in [4.69, 9.17) is 5.73 Å². The molecule has 0 radical (unpaired) electrons. The van der Waals surface area contributed by atoms with Crippen LogP contribution in [0.1, 0.15) is 39.9 Å². The van der Waals surface area contributed by atoms with E-state index in [1.165, 1.54) is 0 Å². The lowest BCUT2D eigenvalue weighted by atomic mass is 10.0. The molecule has 8 nitrogen and oxygen atoms in total. The zero-order valence-electron chi connectivity index (χ0n) is 17.7. The summed E-state index contributed by atoms with van der Waals surface area (Å²) in [6.45, 7) is 0.736. The molecule has 3 amide bonds. The Bertz CT molecular complexity index is 1220. The molecule has 0 spiro atoms. The van der Waals surface area contributed by atoms with Crippen molar-refractivity contribution >= 4 is 54.1 Å². The number of amides is 3. The summed E-state index contributed by atoms with van der Waals surface area (Å²) in [6, 6.07) is 13.0. The highest BCUT2D eigenvalue weighted by Crippen LogP contribution is 2.28. The number of nitrogens with zero attached hydrogens (tertiary/aromatic N) is 3. The van der Waals surface area contributed by atoms with Gasteiger partial charge in [-0.2, -0.15) is 0 Å². The molecule has 2 aromatic rings. The van der Waals surface area contributed by atoms with Crippen LogP contribution in [0.3, 0.4) is 0 Å². The third-order valence-corrected chi connectivity index (χ3v) is 7.59. The average molecular weight is 555 g/mol. The van der Waals surface area contributed by atoms with E-state index in [0.29, 0.717) is 30.9 Å². The Labute approximate surface area is 200 Å². The van der Waals surface area contributed by atoms with E-state index in [1.807, 2.05) is 36.4 Å². The van der Waals surface area contributed by atoms with Crippen LogP contribution in [0.2, 0.25) is 0 Å². The molecule has 3 aliphatic rings. The minimum absolute atomic E-state index is 0.0213. The maximum Gasteiger partial charge on any atom is 0.255 e. The van der Waals surface area contributed by atoms with Crippen LogP contribution < -0.4 is 16.0 Å². The second-order valence-electron chi connectivity index (χ2n) is 8.05. The van der Waals surface area contributed by atoms with E-state index >= 15 is 0 Å². The van der Waals surface area contributed by atoms with Gasteiger partial charge >= 0.3 is 0 Å². The van der Waals surface area contributed by atoms with Gasteiger partial charge in [-0.1, -0.05) is 32.9 Å². The number of hydrogen-bond donors (Lipinski definition) is 2. The normalized spacial score (nSPS) is 20.2. The number of imide groups is 1. The molecule has 3 heterocycles. The zero-order chi connectivity index (χ0) is 22.9. The number of nitrogens with one attached hydrogen (secondary N) is 1. The largest absolute Gasteiger partial charge is 0.383 e. The predicted molar refractivity (Wildman–Crippen MR) is 135 cm³/mol. The summed E-state index contributed by atoms with van der Waals surface area (Å²) < 4.78 is 4.42. The maximum absolute atomic E-state index is 12.8. The van der Waals surface area contributed by atoms with E-state index in [2.05, 4.69) is 29.6 Å². The van der Waals surface area contributed by atoms with E-state index < -0.39 is 11.9 Å². The Hall–Kier alpha value is -3.34. The Morgan fingerprint density at radius 2 is 1.97 bits per heavy atom. The summed E-state index contributed by atoms with van der Waals surface area (Å²) in [5.74, 6) is -0.422. The highest BCUT2D eigenvalue weighted by molar-refractivity contribution is 14.2. The van der Waals surface area contributed by atoms with Crippen LogP contribution in [-0.4, -0.2) is 38.6 Å². The number of piperidine rings is 1. The van der Waals surface area contributed by atoms with Crippen molar-refractivity contribution in [1.29, 1.82) is 0 Å². The number of hydrogen-bond acceptors (Lipinski definition) is 5. The van der Waals surface area contributed by atoms with Crippen molar-refractivity contribution in [2.24, 2.45) is 10.7 Å². The first kappa shape index (κ1) is 21.5. The molecule has 0 saturated carbocycles. The Kier molecular flexibility index (Phi) is 5.79. The Morgan fingerprint density at radius 3 is 2.70 bits per heavy atom. The number of halogens is 1. The van der Waals surface area contributed by atoms with Gasteiger partial charge in [0.25, 0.3) is 5.91 Å². The third-order valence-electron chi connectivity index (χ3n) is 5.93. The van der Waals surface area contributed by atoms with Crippen LogP contribution >= 0.6 is 20.7 Å². The number of rotatable bonds is 5. The van der Waals surface area contributed by atoms with Gasteiger partial charge in [-0.3, -0.25) is 24.7 Å². The van der Waals surface area contributed by atoms with Crippen molar-refractivity contribution in [3.63, 3.8) is 0 Å². The number of aliphatic imine (C=N–C) groups is 1. The first-order valence-corrected chi connectivity index (χ1v) is 13.1. The molecule has 0 aromatic heterocycles. The predicted octanol–water partition coefficient (Wildman–Crippen LogP) is 2.37. The van der Waals surface area contributed by atoms with Crippen molar-refractivity contribution in [3.05, 3.63) is 75.0 Å². The summed E-state index contributed by atoms with van der Waals surface area (Å²) >= 11 is 0.0213. The maximum atomic E-state index is 12.8. The number of benzene rings is 2. The molecular formula is C24H22IN5O3. The summed E-state index contributed by atoms with van der Waals surface area (Å²) in [6.07, 6.45) is 2.68. The fraction of sp³-hybridized carbons (Fsp3) is 0.208. The van der Waals surface area contributed by atoms with Crippen molar-refractivity contribution < 1.29 is 14.4 Å². The zero-order valence-corrected chi connectivity index (χ0v) is 19.9. The molecule has 1 fully saturated rings. The van der Waals surface area contributed by atoms with Gasteiger partial charge in [0.05, 0.1) is 6.54 Å². The van der Waals surface area contributed by atoms with Crippen LogP contribution in [0.15, 0.2) is 57.7 Å². The van der Waals surface area contributed by atoms with Gasteiger partial charge in [0.2, 0.25) is 11.8 Å². The number of carbonyl (C=O) groups is 3. The summed E-state index contributed by atoms with van der Waals surface area (Å²) in [4.78, 5) is 44.6. The molecule has 2 aromatic carbocycles. The lowest BCUT2D eigenvalue weighted by Gasteiger charge is -2.29. The van der Waals surface area contributed by atoms with Gasteiger partial charge in [-0.25, -0.2) is 0 Å². The molecule has 1 unspecified atom stereocenters. The Morgan fingerprint density at radius 1 is 1.15 bits per heavy atom. The third kappa shape index (κ3) is 4.32. The first-order chi connectivity index (χ1) is 16.0. The number of amidine groups is 1. The number of fused-ring (bicyclic) bond motifs is 1. The fourth-order valence-corrected chi connectivity index (χ4v) is 5.73. The van der Waals surface area contributed by atoms with Crippen LogP contribution in [0.4, 0.5) is 5.69 Å². The van der Waals surface area contributed by atoms with Crippen molar-refractivity contribution in [3.8, 4) is 0 Å². The molecule has 0 aliphatic carbocycles. The van der Waals surface area contributed by atoms with Crippen LogP contribution in [0.5, 0.6) is 0 Å².